The third-order valence-electron chi connectivity index (χ3n) is 2.81. The SMILES string of the molecule is CN=C(NCCNS(=O)(=O)c1cccnc1)NCC(=O)NC(C)(C)C.I. The van der Waals surface area contributed by atoms with Crippen LogP contribution < -0.4 is 20.7 Å². The summed E-state index contributed by atoms with van der Waals surface area (Å²) in [6, 6.07) is 3.03. The highest BCUT2D eigenvalue weighted by Crippen LogP contribution is 2.04. The molecule has 0 bridgehead atoms. The minimum atomic E-state index is -3.59. The number of rotatable bonds is 7. The Hall–Kier alpha value is -1.47. The third-order valence-corrected chi connectivity index (χ3v) is 4.25. The zero-order valence-electron chi connectivity index (χ0n) is 15.4. The zero-order chi connectivity index (χ0) is 18.9. The van der Waals surface area contributed by atoms with E-state index in [0.717, 1.165) is 0 Å². The van der Waals surface area contributed by atoms with E-state index in [1.54, 1.807) is 13.1 Å². The molecule has 1 amide bonds. The number of carbonyl (C=O) groups is 1. The highest BCUT2D eigenvalue weighted by molar-refractivity contribution is 14.0. The van der Waals surface area contributed by atoms with Crippen molar-refractivity contribution in [1.82, 2.24) is 25.7 Å². The van der Waals surface area contributed by atoms with Crippen LogP contribution in [0.1, 0.15) is 20.8 Å². The van der Waals surface area contributed by atoms with Crippen molar-refractivity contribution in [2.24, 2.45) is 4.99 Å². The maximum absolute atomic E-state index is 12.0. The van der Waals surface area contributed by atoms with E-state index >= 15 is 0 Å². The van der Waals surface area contributed by atoms with Crippen molar-refractivity contribution in [3.63, 3.8) is 0 Å². The predicted molar refractivity (Wildman–Crippen MR) is 112 cm³/mol. The molecule has 1 heterocycles. The lowest BCUT2D eigenvalue weighted by Crippen LogP contribution is -2.48. The van der Waals surface area contributed by atoms with Gasteiger partial charge in [-0.2, -0.15) is 0 Å². The van der Waals surface area contributed by atoms with Crippen molar-refractivity contribution in [3.8, 4) is 0 Å². The van der Waals surface area contributed by atoms with Crippen molar-refractivity contribution in [2.75, 3.05) is 26.7 Å². The minimum Gasteiger partial charge on any atom is -0.355 e. The molecule has 0 atom stereocenters. The van der Waals surface area contributed by atoms with Crippen LogP contribution in [0.3, 0.4) is 0 Å². The highest BCUT2D eigenvalue weighted by atomic mass is 127. The van der Waals surface area contributed by atoms with E-state index in [0.29, 0.717) is 12.5 Å². The standard InChI is InChI=1S/C15H26N6O3S.HI/c1-15(2,3)21-13(22)11-19-14(16-4)18-8-9-20-25(23,24)12-6-5-7-17-10-12;/h5-7,10,20H,8-9,11H2,1-4H3,(H,21,22)(H2,16,18,19);1H. The molecule has 0 saturated heterocycles. The molecule has 0 unspecified atom stereocenters. The molecule has 0 radical (unpaired) electrons. The third kappa shape index (κ3) is 9.87. The average molecular weight is 498 g/mol. The summed E-state index contributed by atoms with van der Waals surface area (Å²) < 4.78 is 26.5. The topological polar surface area (TPSA) is 125 Å². The molecule has 1 aromatic heterocycles. The Balaban J connectivity index is 0.00000625. The summed E-state index contributed by atoms with van der Waals surface area (Å²) in [5.74, 6) is 0.248. The van der Waals surface area contributed by atoms with Gasteiger partial charge in [-0.05, 0) is 32.9 Å². The Labute approximate surface area is 171 Å². The Bertz CT molecular complexity index is 689. The fraction of sp³-hybridized carbons (Fsp3) is 0.533. The van der Waals surface area contributed by atoms with Gasteiger partial charge in [0.25, 0.3) is 0 Å². The first-order chi connectivity index (χ1) is 11.6. The quantitative estimate of drug-likeness (QED) is 0.182. The number of sulfonamides is 1. The van der Waals surface area contributed by atoms with Crippen molar-refractivity contribution in [1.29, 1.82) is 0 Å². The smallest absolute Gasteiger partial charge is 0.242 e. The molecule has 1 aromatic rings. The molecule has 26 heavy (non-hydrogen) atoms. The predicted octanol–water partition coefficient (Wildman–Crippen LogP) is 0.0576. The number of carbonyl (C=O) groups excluding carboxylic acids is 1. The van der Waals surface area contributed by atoms with Crippen LogP contribution in [-0.2, 0) is 14.8 Å². The fourth-order valence-electron chi connectivity index (χ4n) is 1.80. The molecule has 148 valence electrons. The lowest BCUT2D eigenvalue weighted by Gasteiger charge is -2.21. The van der Waals surface area contributed by atoms with Crippen molar-refractivity contribution >= 4 is 45.9 Å². The van der Waals surface area contributed by atoms with Gasteiger partial charge in [0.05, 0.1) is 6.54 Å². The highest BCUT2D eigenvalue weighted by Gasteiger charge is 2.14. The molecule has 0 aliphatic heterocycles. The van der Waals surface area contributed by atoms with E-state index < -0.39 is 10.0 Å². The molecule has 0 spiro atoms. The van der Waals surface area contributed by atoms with Gasteiger partial charge in [0.15, 0.2) is 5.96 Å². The second-order valence-electron chi connectivity index (χ2n) is 6.24. The van der Waals surface area contributed by atoms with Crippen molar-refractivity contribution < 1.29 is 13.2 Å². The molecular formula is C15H27IN6O3S. The summed E-state index contributed by atoms with van der Waals surface area (Å²) in [6.07, 6.45) is 2.79. The van der Waals surface area contributed by atoms with E-state index in [9.17, 15) is 13.2 Å². The van der Waals surface area contributed by atoms with Crippen LogP contribution >= 0.6 is 24.0 Å². The van der Waals surface area contributed by atoms with Crippen LogP contribution in [0.4, 0.5) is 0 Å². The summed E-state index contributed by atoms with van der Waals surface area (Å²) in [4.78, 5) is 19.6. The number of guanidine groups is 1. The first-order valence-electron chi connectivity index (χ1n) is 7.79. The van der Waals surface area contributed by atoms with Crippen molar-refractivity contribution in [2.45, 2.75) is 31.2 Å². The van der Waals surface area contributed by atoms with Gasteiger partial charge < -0.3 is 16.0 Å². The van der Waals surface area contributed by atoms with Crippen LogP contribution in [0.5, 0.6) is 0 Å². The summed E-state index contributed by atoms with van der Waals surface area (Å²) in [7, 11) is -2.02. The van der Waals surface area contributed by atoms with Crippen molar-refractivity contribution in [3.05, 3.63) is 24.5 Å². The fourth-order valence-corrected chi connectivity index (χ4v) is 2.80. The van der Waals surface area contributed by atoms with Gasteiger partial charge in [-0.15, -0.1) is 24.0 Å². The number of nitrogens with zero attached hydrogens (tertiary/aromatic N) is 2. The van der Waals surface area contributed by atoms with E-state index in [4.69, 9.17) is 0 Å². The maximum atomic E-state index is 12.0. The molecule has 1 rings (SSSR count). The number of nitrogens with one attached hydrogen (secondary N) is 4. The van der Waals surface area contributed by atoms with Gasteiger partial charge in [0.1, 0.15) is 4.90 Å². The molecule has 0 aliphatic rings. The number of pyridine rings is 1. The van der Waals surface area contributed by atoms with Gasteiger partial charge in [-0.3, -0.25) is 14.8 Å². The summed E-state index contributed by atoms with van der Waals surface area (Å²) in [5, 5.41) is 8.61. The summed E-state index contributed by atoms with van der Waals surface area (Å²) >= 11 is 0. The van der Waals surface area contributed by atoms with E-state index in [1.165, 1.54) is 18.5 Å². The van der Waals surface area contributed by atoms with Crippen LogP contribution in [0.15, 0.2) is 34.4 Å². The van der Waals surface area contributed by atoms with Gasteiger partial charge >= 0.3 is 0 Å². The van der Waals surface area contributed by atoms with E-state index in [2.05, 4.69) is 30.6 Å². The number of amides is 1. The molecule has 0 aliphatic carbocycles. The first-order valence-corrected chi connectivity index (χ1v) is 9.27. The molecule has 0 aromatic carbocycles. The second kappa shape index (κ2) is 11.3. The number of aromatic nitrogens is 1. The Morgan fingerprint density at radius 3 is 2.46 bits per heavy atom. The van der Waals surface area contributed by atoms with Gasteiger partial charge in [-0.1, -0.05) is 0 Å². The lowest BCUT2D eigenvalue weighted by atomic mass is 10.1. The molecule has 0 saturated carbocycles. The Morgan fingerprint density at radius 1 is 1.23 bits per heavy atom. The lowest BCUT2D eigenvalue weighted by molar-refractivity contribution is -0.121. The normalized spacial score (nSPS) is 12.1. The molecular weight excluding hydrogens is 471 g/mol. The first kappa shape index (κ1) is 24.5. The molecule has 9 nitrogen and oxygen atoms in total. The van der Waals surface area contributed by atoms with Crippen LogP contribution in [0.2, 0.25) is 0 Å². The van der Waals surface area contributed by atoms with Gasteiger partial charge in [-0.25, -0.2) is 13.1 Å². The molecule has 0 fully saturated rings. The second-order valence-corrected chi connectivity index (χ2v) is 8.00. The zero-order valence-corrected chi connectivity index (χ0v) is 18.5. The van der Waals surface area contributed by atoms with Gasteiger partial charge in [0.2, 0.25) is 15.9 Å². The van der Waals surface area contributed by atoms with Crippen LogP contribution in [-0.4, -0.2) is 57.5 Å². The van der Waals surface area contributed by atoms with E-state index in [1.807, 2.05) is 20.8 Å². The monoisotopic (exact) mass is 498 g/mol. The minimum absolute atomic E-state index is 0. The number of hydrogen-bond donors (Lipinski definition) is 4. The number of hydrogen-bond acceptors (Lipinski definition) is 5. The largest absolute Gasteiger partial charge is 0.355 e. The van der Waals surface area contributed by atoms with E-state index in [-0.39, 0.29) is 53.4 Å². The Morgan fingerprint density at radius 2 is 1.92 bits per heavy atom. The summed E-state index contributed by atoms with van der Waals surface area (Å²) in [5.41, 5.74) is -0.305. The van der Waals surface area contributed by atoms with Crippen LogP contribution in [0, 0.1) is 0 Å². The number of aliphatic imine (C=N–C) groups is 1. The molecule has 11 heteroatoms. The van der Waals surface area contributed by atoms with Crippen LogP contribution in [0.25, 0.3) is 0 Å². The van der Waals surface area contributed by atoms with Gasteiger partial charge in [0, 0.05) is 38.1 Å². The summed E-state index contributed by atoms with van der Waals surface area (Å²) in [6.45, 7) is 6.22. The number of halogens is 1. The Kier molecular flexibility index (Phi) is 10.6. The molecule has 4 N–H and O–H groups in total. The maximum Gasteiger partial charge on any atom is 0.242 e. The average Bonchev–Trinajstić information content (AvgIpc) is 2.53.